The first-order chi connectivity index (χ1) is 16.3. The van der Waals surface area contributed by atoms with Gasteiger partial charge in [-0.3, -0.25) is 10.0 Å². The number of nitrogens with zero attached hydrogens (tertiary/aromatic N) is 1. The molecule has 0 bridgehead atoms. The minimum Gasteiger partial charge on any atom is -0.486 e. The van der Waals surface area contributed by atoms with Crippen LogP contribution in [-0.4, -0.2) is 34.3 Å². The largest absolute Gasteiger partial charge is 0.486 e. The molecule has 4 N–H and O–H groups in total. The van der Waals surface area contributed by atoms with Gasteiger partial charge in [-0.15, -0.1) is 0 Å². The fraction of sp³-hybridized carbons (Fsp3) is 0.130. The number of hydrogen-bond donors (Lipinski definition) is 4. The average Bonchev–Trinajstić information content (AvgIpc) is 3.23. The van der Waals surface area contributed by atoms with Crippen LogP contribution >= 0.6 is 0 Å². The molecule has 2 heterocycles. The highest BCUT2D eigenvalue weighted by Gasteiger charge is 2.35. The molecule has 5 rings (SSSR count). The van der Waals surface area contributed by atoms with Crippen molar-refractivity contribution in [2.24, 2.45) is 0 Å². The van der Waals surface area contributed by atoms with Gasteiger partial charge in [-0.1, -0.05) is 12.1 Å². The summed E-state index contributed by atoms with van der Waals surface area (Å²) in [4.78, 5) is 18.8. The van der Waals surface area contributed by atoms with Crippen LogP contribution in [0, 0.1) is 0 Å². The van der Waals surface area contributed by atoms with E-state index in [1.165, 1.54) is 24.3 Å². The van der Waals surface area contributed by atoms with Crippen molar-refractivity contribution < 1.29 is 32.6 Å². The molecule has 3 aromatic carbocycles. The maximum Gasteiger partial charge on any atom is 0.417 e. The number of hydrogen-bond acceptors (Lipinski definition) is 6. The van der Waals surface area contributed by atoms with Crippen molar-refractivity contribution in [1.29, 1.82) is 0 Å². The number of imidazole rings is 1. The Balaban J connectivity index is 1.55. The molecule has 0 saturated heterocycles. The molecule has 0 aliphatic carbocycles. The van der Waals surface area contributed by atoms with Gasteiger partial charge in [0, 0.05) is 11.3 Å². The van der Waals surface area contributed by atoms with Gasteiger partial charge in [0.2, 0.25) is 5.95 Å². The van der Waals surface area contributed by atoms with E-state index in [1.54, 1.807) is 29.7 Å². The van der Waals surface area contributed by atoms with Crippen LogP contribution in [0.3, 0.4) is 0 Å². The van der Waals surface area contributed by atoms with Gasteiger partial charge in [0.15, 0.2) is 11.5 Å². The SMILES string of the molecule is O=C(NO)c1cccc(Nc2nc3cc(-c4ccc5c(c4)OCCO5)c(C(F)(F)F)cc3[nH]2)c1. The van der Waals surface area contributed by atoms with Crippen LogP contribution in [0.25, 0.3) is 22.2 Å². The van der Waals surface area contributed by atoms with Crippen molar-refractivity contribution in [3.05, 3.63) is 65.7 Å². The van der Waals surface area contributed by atoms with Crippen molar-refractivity contribution in [2.75, 3.05) is 18.5 Å². The minimum absolute atomic E-state index is 0.0448. The zero-order valence-corrected chi connectivity index (χ0v) is 17.4. The van der Waals surface area contributed by atoms with E-state index < -0.39 is 17.6 Å². The molecule has 34 heavy (non-hydrogen) atoms. The molecule has 1 amide bonds. The highest BCUT2D eigenvalue weighted by molar-refractivity contribution is 5.94. The maximum absolute atomic E-state index is 13.9. The predicted octanol–water partition coefficient (Wildman–Crippen LogP) is 4.88. The first kappa shape index (κ1) is 21.6. The molecule has 1 aromatic heterocycles. The number of aromatic amines is 1. The lowest BCUT2D eigenvalue weighted by Crippen LogP contribution is -2.18. The van der Waals surface area contributed by atoms with E-state index >= 15 is 0 Å². The number of carbonyl (C=O) groups excluding carboxylic acids is 1. The van der Waals surface area contributed by atoms with Crippen molar-refractivity contribution >= 4 is 28.6 Å². The van der Waals surface area contributed by atoms with Crippen LogP contribution in [0.4, 0.5) is 24.8 Å². The van der Waals surface area contributed by atoms with E-state index in [2.05, 4.69) is 15.3 Å². The normalized spacial score (nSPS) is 13.1. The Morgan fingerprint density at radius 3 is 2.59 bits per heavy atom. The van der Waals surface area contributed by atoms with Crippen molar-refractivity contribution in [3.63, 3.8) is 0 Å². The molecule has 1 aliphatic heterocycles. The number of amides is 1. The smallest absolute Gasteiger partial charge is 0.417 e. The molecular formula is C23H17F3N4O4. The van der Waals surface area contributed by atoms with Crippen LogP contribution in [0.15, 0.2) is 54.6 Å². The van der Waals surface area contributed by atoms with E-state index in [-0.39, 0.29) is 22.6 Å². The number of anilines is 2. The Labute approximate surface area is 190 Å². The fourth-order valence-corrected chi connectivity index (χ4v) is 3.74. The number of ether oxygens (including phenoxy) is 2. The molecule has 4 aromatic rings. The number of benzene rings is 3. The van der Waals surface area contributed by atoms with Crippen LogP contribution in [-0.2, 0) is 6.18 Å². The van der Waals surface area contributed by atoms with E-state index in [0.29, 0.717) is 41.5 Å². The van der Waals surface area contributed by atoms with E-state index in [0.717, 1.165) is 6.07 Å². The standard InChI is InChI=1S/C23H17F3N4O4/c24-23(25,26)16-11-18-17(10-15(16)12-4-5-19-20(9-12)34-7-6-33-19)28-22(29-18)27-14-3-1-2-13(8-14)21(31)30-32/h1-5,8-11,32H,6-7H2,(H,30,31)(H2,27,28,29). The molecule has 11 heteroatoms. The van der Waals surface area contributed by atoms with Crippen LogP contribution in [0.1, 0.15) is 15.9 Å². The summed E-state index contributed by atoms with van der Waals surface area (Å²) < 4.78 is 52.8. The lowest BCUT2D eigenvalue weighted by atomic mass is 9.98. The summed E-state index contributed by atoms with van der Waals surface area (Å²) in [5, 5.41) is 11.7. The molecule has 0 radical (unpaired) electrons. The van der Waals surface area contributed by atoms with Gasteiger partial charge in [0.1, 0.15) is 13.2 Å². The Bertz CT molecular complexity index is 1400. The molecule has 1 aliphatic rings. The lowest BCUT2D eigenvalue weighted by molar-refractivity contribution is -0.137. The molecule has 174 valence electrons. The second-order valence-corrected chi connectivity index (χ2v) is 7.50. The van der Waals surface area contributed by atoms with Gasteiger partial charge >= 0.3 is 6.18 Å². The van der Waals surface area contributed by atoms with Gasteiger partial charge in [-0.05, 0) is 53.6 Å². The van der Waals surface area contributed by atoms with Gasteiger partial charge in [0.25, 0.3) is 5.91 Å². The zero-order chi connectivity index (χ0) is 23.9. The Morgan fingerprint density at radius 1 is 1.03 bits per heavy atom. The van der Waals surface area contributed by atoms with Crippen molar-refractivity contribution in [3.8, 4) is 22.6 Å². The highest BCUT2D eigenvalue weighted by Crippen LogP contribution is 2.42. The Hall–Kier alpha value is -4.25. The van der Waals surface area contributed by atoms with Gasteiger partial charge in [-0.2, -0.15) is 13.2 Å². The van der Waals surface area contributed by atoms with Gasteiger partial charge in [0.05, 0.1) is 16.6 Å². The number of rotatable bonds is 4. The van der Waals surface area contributed by atoms with Crippen LogP contribution in [0.2, 0.25) is 0 Å². The lowest BCUT2D eigenvalue weighted by Gasteiger charge is -2.20. The third kappa shape index (κ3) is 4.08. The summed E-state index contributed by atoms with van der Waals surface area (Å²) in [6.45, 7) is 0.694. The summed E-state index contributed by atoms with van der Waals surface area (Å²) in [6, 6.07) is 13.2. The first-order valence-electron chi connectivity index (χ1n) is 10.1. The summed E-state index contributed by atoms with van der Waals surface area (Å²) in [5.41, 5.74) is 2.11. The Kier molecular flexibility index (Phi) is 5.25. The van der Waals surface area contributed by atoms with Gasteiger partial charge in [-0.25, -0.2) is 10.5 Å². The minimum atomic E-state index is -4.61. The molecule has 8 nitrogen and oxygen atoms in total. The van der Waals surface area contributed by atoms with Crippen LogP contribution < -0.4 is 20.3 Å². The highest BCUT2D eigenvalue weighted by atomic mass is 19.4. The van der Waals surface area contributed by atoms with Gasteiger partial charge < -0.3 is 19.8 Å². The first-order valence-corrected chi connectivity index (χ1v) is 10.1. The number of fused-ring (bicyclic) bond motifs is 2. The maximum atomic E-state index is 13.9. The summed E-state index contributed by atoms with van der Waals surface area (Å²) in [5.74, 6) is 0.345. The Morgan fingerprint density at radius 2 is 1.82 bits per heavy atom. The third-order valence-electron chi connectivity index (χ3n) is 5.27. The summed E-state index contributed by atoms with van der Waals surface area (Å²) in [6.07, 6.45) is -4.61. The second-order valence-electron chi connectivity index (χ2n) is 7.50. The summed E-state index contributed by atoms with van der Waals surface area (Å²) in [7, 11) is 0. The average molecular weight is 470 g/mol. The number of nitrogens with one attached hydrogen (secondary N) is 3. The number of halogens is 3. The molecule has 0 atom stereocenters. The number of alkyl halides is 3. The second kappa shape index (κ2) is 8.27. The van der Waals surface area contributed by atoms with Crippen LogP contribution in [0.5, 0.6) is 11.5 Å². The number of hydroxylamine groups is 1. The topological polar surface area (TPSA) is 108 Å². The van der Waals surface area contributed by atoms with E-state index in [9.17, 15) is 18.0 Å². The third-order valence-corrected chi connectivity index (χ3v) is 5.27. The molecular weight excluding hydrogens is 453 g/mol. The summed E-state index contributed by atoms with van der Waals surface area (Å²) >= 11 is 0. The number of H-pyrrole nitrogens is 1. The predicted molar refractivity (Wildman–Crippen MR) is 116 cm³/mol. The van der Waals surface area contributed by atoms with E-state index in [4.69, 9.17) is 14.7 Å². The molecule has 0 saturated carbocycles. The molecule has 0 spiro atoms. The van der Waals surface area contributed by atoms with Crippen molar-refractivity contribution in [2.45, 2.75) is 6.18 Å². The quantitative estimate of drug-likeness (QED) is 0.250. The molecule has 0 fully saturated rings. The number of carbonyl (C=O) groups is 1. The monoisotopic (exact) mass is 470 g/mol. The zero-order valence-electron chi connectivity index (χ0n) is 17.4. The van der Waals surface area contributed by atoms with E-state index in [1.807, 2.05) is 0 Å². The fourth-order valence-electron chi connectivity index (χ4n) is 3.74. The molecule has 0 unspecified atom stereocenters. The number of aromatic nitrogens is 2. The van der Waals surface area contributed by atoms with Crippen molar-refractivity contribution in [1.82, 2.24) is 15.4 Å².